The fourth-order valence-electron chi connectivity index (χ4n) is 2.53. The highest BCUT2D eigenvalue weighted by molar-refractivity contribution is 4.64. The van der Waals surface area contributed by atoms with E-state index in [0.29, 0.717) is 0 Å². The molecule has 0 rings (SSSR count). The molecule has 0 unspecified atom stereocenters. The molecule has 123 valence electrons. The first-order valence-electron chi connectivity index (χ1n) is 8.93. The topological polar surface area (TPSA) is 26.0 Å². The molecule has 0 amide bonds. The lowest BCUT2D eigenvalue weighted by Crippen LogP contribution is -1.97. The Kier molecular flexibility index (Phi) is 23.5. The summed E-state index contributed by atoms with van der Waals surface area (Å²) in [6, 6.07) is 0. The molecule has 0 saturated heterocycles. The van der Waals surface area contributed by atoms with Gasteiger partial charge in [-0.05, 0) is 19.4 Å². The standard InChI is InChI=1S/C18H38N.FH/c1-2-3-4-5-6-7-8-9-10-11-12-13-14-15-16-17-18-19;/h10H,2-9,11-19H2,1H3;1H. The molecular weight excluding hydrogens is 249 g/mol. The summed E-state index contributed by atoms with van der Waals surface area (Å²) in [4.78, 5) is 0. The van der Waals surface area contributed by atoms with Crippen LogP contribution in [0.15, 0.2) is 0 Å². The summed E-state index contributed by atoms with van der Waals surface area (Å²) in [5.74, 6) is 0. The van der Waals surface area contributed by atoms with Crippen molar-refractivity contribution in [2.45, 2.75) is 103 Å². The van der Waals surface area contributed by atoms with Gasteiger partial charge in [-0.2, -0.15) is 0 Å². The Hall–Kier alpha value is -0.110. The van der Waals surface area contributed by atoms with Crippen molar-refractivity contribution in [3.05, 3.63) is 6.42 Å². The van der Waals surface area contributed by atoms with Crippen molar-refractivity contribution in [2.24, 2.45) is 5.73 Å². The van der Waals surface area contributed by atoms with Crippen LogP contribution in [0.3, 0.4) is 0 Å². The van der Waals surface area contributed by atoms with Gasteiger partial charge < -0.3 is 5.73 Å². The molecule has 0 saturated carbocycles. The SMILES string of the molecule is CCCCCCCCC[CH]CCCCCCCCN.F. The Balaban J connectivity index is 0. The third kappa shape index (κ3) is 20.2. The largest absolute Gasteiger partial charge is 0.330 e. The van der Waals surface area contributed by atoms with Crippen LogP contribution in [-0.4, -0.2) is 6.54 Å². The molecule has 1 radical (unpaired) electrons. The maximum Gasteiger partial charge on any atom is -0.00773 e. The molecule has 2 heteroatoms. The number of nitrogens with two attached hydrogens (primary N) is 1. The fourth-order valence-corrected chi connectivity index (χ4v) is 2.53. The molecule has 2 N–H and O–H groups in total. The summed E-state index contributed by atoms with van der Waals surface area (Å²) in [5, 5.41) is 0. The third-order valence-electron chi connectivity index (χ3n) is 3.87. The van der Waals surface area contributed by atoms with Crippen LogP contribution in [0.4, 0.5) is 4.70 Å². The van der Waals surface area contributed by atoms with E-state index in [1.54, 1.807) is 0 Å². The van der Waals surface area contributed by atoms with Gasteiger partial charge in [0.2, 0.25) is 0 Å². The number of rotatable bonds is 16. The van der Waals surface area contributed by atoms with E-state index in [0.717, 1.165) is 6.54 Å². The van der Waals surface area contributed by atoms with Crippen molar-refractivity contribution in [1.29, 1.82) is 0 Å². The summed E-state index contributed by atoms with van der Waals surface area (Å²) >= 11 is 0. The van der Waals surface area contributed by atoms with Crippen LogP contribution in [0.5, 0.6) is 0 Å². The van der Waals surface area contributed by atoms with Gasteiger partial charge in [-0.15, -0.1) is 0 Å². The average Bonchev–Trinajstić information content (AvgIpc) is 2.43. The van der Waals surface area contributed by atoms with Crippen LogP contribution in [-0.2, 0) is 0 Å². The summed E-state index contributed by atoms with van der Waals surface area (Å²) in [6.07, 6.45) is 23.4. The van der Waals surface area contributed by atoms with Crippen LogP contribution in [0.1, 0.15) is 103 Å². The van der Waals surface area contributed by atoms with Gasteiger partial charge in [-0.1, -0.05) is 96.8 Å². The number of halogens is 1. The molecule has 1 nitrogen and oxygen atoms in total. The molecule has 0 heterocycles. The van der Waals surface area contributed by atoms with E-state index in [1.807, 2.05) is 0 Å². The Labute approximate surface area is 127 Å². The molecule has 0 spiro atoms. The highest BCUT2D eigenvalue weighted by Crippen LogP contribution is 2.12. The van der Waals surface area contributed by atoms with Gasteiger partial charge in [0.15, 0.2) is 0 Å². The molecule has 0 aliphatic rings. The minimum Gasteiger partial charge on any atom is -0.330 e. The van der Waals surface area contributed by atoms with Crippen LogP contribution in [0.25, 0.3) is 0 Å². The summed E-state index contributed by atoms with van der Waals surface area (Å²) in [7, 11) is 0. The summed E-state index contributed by atoms with van der Waals surface area (Å²) in [6.45, 7) is 3.15. The van der Waals surface area contributed by atoms with E-state index in [9.17, 15) is 0 Å². The lowest BCUT2D eigenvalue weighted by atomic mass is 10.0. The van der Waals surface area contributed by atoms with Crippen LogP contribution in [0.2, 0.25) is 0 Å². The quantitative estimate of drug-likeness (QED) is 0.337. The third-order valence-corrected chi connectivity index (χ3v) is 3.87. The highest BCUT2D eigenvalue weighted by atomic mass is 19.0. The Morgan fingerprint density at radius 2 is 1.00 bits per heavy atom. The first-order valence-corrected chi connectivity index (χ1v) is 8.93. The van der Waals surface area contributed by atoms with Gasteiger partial charge in [-0.3, -0.25) is 4.70 Å². The minimum absolute atomic E-state index is 0. The Bertz CT molecular complexity index is 134. The molecule has 0 atom stereocenters. The molecule has 20 heavy (non-hydrogen) atoms. The van der Waals surface area contributed by atoms with Crippen molar-refractivity contribution in [3.63, 3.8) is 0 Å². The maximum atomic E-state index is 5.48. The predicted octanol–water partition coefficient (Wildman–Crippen LogP) is 6.17. The molecule has 0 aliphatic heterocycles. The molecular formula is C18H39FN. The second kappa shape index (κ2) is 21.2. The van der Waals surface area contributed by atoms with Crippen molar-refractivity contribution in [2.75, 3.05) is 6.54 Å². The van der Waals surface area contributed by atoms with E-state index in [-0.39, 0.29) is 4.70 Å². The van der Waals surface area contributed by atoms with Crippen molar-refractivity contribution in [1.82, 2.24) is 0 Å². The summed E-state index contributed by atoms with van der Waals surface area (Å²) < 4.78 is 0. The zero-order valence-corrected chi connectivity index (χ0v) is 13.9. The Morgan fingerprint density at radius 1 is 0.600 bits per heavy atom. The normalized spacial score (nSPS) is 10.5. The predicted molar refractivity (Wildman–Crippen MR) is 90.8 cm³/mol. The van der Waals surface area contributed by atoms with Gasteiger partial charge in [0, 0.05) is 0 Å². The van der Waals surface area contributed by atoms with E-state index < -0.39 is 0 Å². The van der Waals surface area contributed by atoms with E-state index in [1.165, 1.54) is 96.3 Å². The molecule has 0 aliphatic carbocycles. The van der Waals surface area contributed by atoms with Crippen LogP contribution >= 0.6 is 0 Å². The van der Waals surface area contributed by atoms with Crippen LogP contribution < -0.4 is 5.73 Å². The van der Waals surface area contributed by atoms with E-state index >= 15 is 0 Å². The second-order valence-corrected chi connectivity index (χ2v) is 5.90. The van der Waals surface area contributed by atoms with Gasteiger partial charge in [-0.25, -0.2) is 0 Å². The van der Waals surface area contributed by atoms with Crippen molar-refractivity contribution < 1.29 is 4.70 Å². The van der Waals surface area contributed by atoms with Gasteiger partial charge in [0.25, 0.3) is 0 Å². The number of hydrogen-bond donors (Lipinski definition) is 1. The molecule has 0 aromatic carbocycles. The first-order chi connectivity index (χ1) is 9.41. The monoisotopic (exact) mass is 288 g/mol. The second-order valence-electron chi connectivity index (χ2n) is 5.90. The zero-order chi connectivity index (χ0) is 14.0. The smallest absolute Gasteiger partial charge is 0.00773 e. The molecule has 0 bridgehead atoms. The first kappa shape index (κ1) is 22.2. The lowest BCUT2D eigenvalue weighted by molar-refractivity contribution is 0.571. The van der Waals surface area contributed by atoms with E-state index in [4.69, 9.17) is 5.73 Å². The lowest BCUT2D eigenvalue weighted by Gasteiger charge is -2.03. The number of unbranched alkanes of at least 4 members (excludes halogenated alkanes) is 15. The minimum atomic E-state index is 0. The van der Waals surface area contributed by atoms with Crippen LogP contribution in [0, 0.1) is 6.42 Å². The van der Waals surface area contributed by atoms with Gasteiger partial charge >= 0.3 is 0 Å². The van der Waals surface area contributed by atoms with Crippen molar-refractivity contribution in [3.8, 4) is 0 Å². The van der Waals surface area contributed by atoms with Gasteiger partial charge in [0.05, 0.1) is 0 Å². The molecule has 0 fully saturated rings. The fraction of sp³-hybridized carbons (Fsp3) is 0.944. The zero-order valence-electron chi connectivity index (χ0n) is 13.9. The summed E-state index contributed by atoms with van der Waals surface area (Å²) in [5.41, 5.74) is 5.48. The van der Waals surface area contributed by atoms with E-state index in [2.05, 4.69) is 13.3 Å². The van der Waals surface area contributed by atoms with Gasteiger partial charge in [0.1, 0.15) is 0 Å². The Morgan fingerprint density at radius 3 is 1.45 bits per heavy atom. The number of hydrogen-bond acceptors (Lipinski definition) is 1. The highest BCUT2D eigenvalue weighted by Gasteiger charge is 1.94. The maximum absolute atomic E-state index is 5.48. The van der Waals surface area contributed by atoms with Crippen molar-refractivity contribution >= 4 is 0 Å². The molecule has 0 aromatic rings. The average molecular weight is 289 g/mol. The molecule has 0 aromatic heterocycles.